The van der Waals surface area contributed by atoms with Crippen LogP contribution in [0.5, 0.6) is 0 Å². The van der Waals surface area contributed by atoms with E-state index in [0.717, 1.165) is 38.2 Å². The Balaban J connectivity index is 1.72. The minimum atomic E-state index is -3.19. The lowest BCUT2D eigenvalue weighted by Gasteiger charge is -2.35. The molecule has 0 spiro atoms. The van der Waals surface area contributed by atoms with Gasteiger partial charge < -0.3 is 0 Å². The van der Waals surface area contributed by atoms with E-state index in [-0.39, 0.29) is 12.3 Å². The Labute approximate surface area is 129 Å². The second kappa shape index (κ2) is 6.01. The van der Waals surface area contributed by atoms with Crippen LogP contribution in [0.2, 0.25) is 0 Å². The fourth-order valence-electron chi connectivity index (χ4n) is 4.62. The highest BCUT2D eigenvalue weighted by atomic mass is 19.3. The van der Waals surface area contributed by atoms with Crippen molar-refractivity contribution < 1.29 is 17.6 Å². The van der Waals surface area contributed by atoms with Crippen LogP contribution in [0.15, 0.2) is 23.3 Å². The predicted octanol–water partition coefficient (Wildman–Crippen LogP) is 5.79. The van der Waals surface area contributed by atoms with E-state index < -0.39 is 29.8 Å². The molecule has 0 amide bonds. The minimum Gasteiger partial charge on any atom is -0.239 e. The molecule has 3 aliphatic carbocycles. The molecule has 0 heterocycles. The van der Waals surface area contributed by atoms with Gasteiger partial charge in [-0.15, -0.1) is 0 Å². The number of rotatable bonds is 3. The van der Waals surface area contributed by atoms with Gasteiger partial charge in [0, 0.05) is 11.5 Å². The summed E-state index contributed by atoms with van der Waals surface area (Å²) in [5.41, 5.74) is -0.227. The molecule has 0 nitrogen and oxygen atoms in total. The Morgan fingerprint density at radius 3 is 2.45 bits per heavy atom. The molecular weight excluding hydrogens is 292 g/mol. The summed E-state index contributed by atoms with van der Waals surface area (Å²) in [6.45, 7) is 2.15. The Kier molecular flexibility index (Phi) is 4.39. The molecule has 0 bridgehead atoms. The van der Waals surface area contributed by atoms with Gasteiger partial charge in [-0.25, -0.2) is 17.6 Å². The number of allylic oxidation sites excluding steroid dienone is 4. The van der Waals surface area contributed by atoms with Gasteiger partial charge in [-0.1, -0.05) is 38.7 Å². The van der Waals surface area contributed by atoms with E-state index in [2.05, 4.69) is 6.92 Å². The van der Waals surface area contributed by atoms with E-state index in [1.807, 2.05) is 0 Å². The third-order valence-electron chi connectivity index (χ3n) is 5.80. The van der Waals surface area contributed by atoms with E-state index in [1.54, 1.807) is 0 Å². The summed E-state index contributed by atoms with van der Waals surface area (Å²) in [4.78, 5) is 0. The summed E-state index contributed by atoms with van der Waals surface area (Å²) in [5, 5.41) is 0. The molecule has 0 aromatic rings. The lowest BCUT2D eigenvalue weighted by molar-refractivity contribution is -0.0539. The van der Waals surface area contributed by atoms with Crippen molar-refractivity contribution in [3.63, 3.8) is 0 Å². The van der Waals surface area contributed by atoms with Crippen molar-refractivity contribution >= 4 is 0 Å². The summed E-state index contributed by atoms with van der Waals surface area (Å²) >= 11 is 0. The molecule has 0 radical (unpaired) electrons. The van der Waals surface area contributed by atoms with Gasteiger partial charge in [0.05, 0.1) is 0 Å². The molecule has 124 valence electrons. The lowest BCUT2D eigenvalue weighted by Crippen LogP contribution is -2.38. The first-order chi connectivity index (χ1) is 10.4. The first-order valence-electron chi connectivity index (χ1n) is 8.52. The molecule has 22 heavy (non-hydrogen) atoms. The van der Waals surface area contributed by atoms with Crippen molar-refractivity contribution in [3.8, 4) is 0 Å². The fraction of sp³-hybridized carbons (Fsp3) is 0.778. The van der Waals surface area contributed by atoms with Gasteiger partial charge in [-0.05, 0) is 42.7 Å². The molecule has 0 saturated heterocycles. The highest BCUT2D eigenvalue weighted by Crippen LogP contribution is 2.55. The van der Waals surface area contributed by atoms with Crippen LogP contribution in [0, 0.1) is 17.8 Å². The second-order valence-electron chi connectivity index (χ2n) is 7.15. The Morgan fingerprint density at radius 2 is 1.82 bits per heavy atom. The molecule has 3 atom stereocenters. The van der Waals surface area contributed by atoms with Crippen molar-refractivity contribution in [2.45, 2.75) is 70.1 Å². The van der Waals surface area contributed by atoms with Gasteiger partial charge in [0.1, 0.15) is 0 Å². The minimum absolute atomic E-state index is 0.0626. The van der Waals surface area contributed by atoms with Crippen LogP contribution in [-0.4, -0.2) is 18.3 Å². The summed E-state index contributed by atoms with van der Waals surface area (Å²) in [7, 11) is 0. The number of hydrogen-bond acceptors (Lipinski definition) is 0. The van der Waals surface area contributed by atoms with Crippen molar-refractivity contribution in [1.29, 1.82) is 0 Å². The largest absolute Gasteiger partial charge is 0.276 e. The first kappa shape index (κ1) is 16.1. The van der Waals surface area contributed by atoms with Gasteiger partial charge in [0.15, 0.2) is 12.3 Å². The average Bonchev–Trinajstić information content (AvgIpc) is 2.76. The molecule has 0 N–H and O–H groups in total. The van der Waals surface area contributed by atoms with Crippen LogP contribution < -0.4 is 0 Å². The molecule has 3 aliphatic rings. The molecule has 4 heteroatoms. The molecule has 1 fully saturated rings. The zero-order valence-electron chi connectivity index (χ0n) is 13.0. The number of halogens is 4. The smallest absolute Gasteiger partial charge is 0.239 e. The maximum absolute atomic E-state index is 14.7. The van der Waals surface area contributed by atoms with E-state index in [9.17, 15) is 17.6 Å². The summed E-state index contributed by atoms with van der Waals surface area (Å²) in [6.07, 6.45) is 4.46. The van der Waals surface area contributed by atoms with Crippen molar-refractivity contribution in [1.82, 2.24) is 0 Å². The molecule has 0 aromatic carbocycles. The number of hydrogen-bond donors (Lipinski definition) is 0. The van der Waals surface area contributed by atoms with Crippen molar-refractivity contribution in [2.75, 3.05) is 0 Å². The maximum atomic E-state index is 14.7. The SMILES string of the molecule is CCCC1CCC(C2CC3=C(C(F)C(F)C=C3)C2(F)F)CC1. The quantitative estimate of drug-likeness (QED) is 0.578. The monoisotopic (exact) mass is 316 g/mol. The van der Waals surface area contributed by atoms with E-state index >= 15 is 0 Å². The van der Waals surface area contributed by atoms with E-state index in [0.29, 0.717) is 11.5 Å². The molecule has 0 aromatic heterocycles. The standard InChI is InChI=1S/C18H24F4/c1-2-3-11-4-6-12(7-5-11)14-10-13-8-9-15(19)17(20)16(13)18(14,21)22/h8-9,11-12,14-15,17H,2-7,10H2,1H3. The van der Waals surface area contributed by atoms with Crippen LogP contribution in [0.3, 0.4) is 0 Å². The Hall–Kier alpha value is -0.800. The Morgan fingerprint density at radius 1 is 1.14 bits per heavy atom. The summed E-state index contributed by atoms with van der Waals surface area (Å²) in [5.74, 6) is -3.44. The van der Waals surface area contributed by atoms with Gasteiger partial charge in [0.25, 0.3) is 5.92 Å². The molecule has 1 saturated carbocycles. The van der Waals surface area contributed by atoms with Crippen LogP contribution in [-0.2, 0) is 0 Å². The van der Waals surface area contributed by atoms with Crippen LogP contribution in [0.4, 0.5) is 17.6 Å². The third kappa shape index (κ3) is 2.63. The lowest BCUT2D eigenvalue weighted by atomic mass is 9.72. The summed E-state index contributed by atoms with van der Waals surface area (Å²) in [6, 6.07) is 0. The van der Waals surface area contributed by atoms with Gasteiger partial charge in [-0.3, -0.25) is 0 Å². The average molecular weight is 316 g/mol. The Bertz CT molecular complexity index is 471. The topological polar surface area (TPSA) is 0 Å². The fourth-order valence-corrected chi connectivity index (χ4v) is 4.62. The van der Waals surface area contributed by atoms with Gasteiger partial charge in [0.2, 0.25) is 0 Å². The van der Waals surface area contributed by atoms with Gasteiger partial charge >= 0.3 is 0 Å². The molecule has 0 aliphatic heterocycles. The highest BCUT2D eigenvalue weighted by molar-refractivity contribution is 5.44. The normalized spacial score (nSPS) is 40.9. The third-order valence-corrected chi connectivity index (χ3v) is 5.80. The highest BCUT2D eigenvalue weighted by Gasteiger charge is 2.57. The molecular formula is C18H24F4. The second-order valence-corrected chi connectivity index (χ2v) is 7.15. The molecule has 3 rings (SSSR count). The van der Waals surface area contributed by atoms with Crippen molar-refractivity contribution in [2.24, 2.45) is 17.8 Å². The summed E-state index contributed by atoms with van der Waals surface area (Å²) < 4.78 is 56.8. The van der Waals surface area contributed by atoms with Crippen LogP contribution in [0.25, 0.3) is 0 Å². The van der Waals surface area contributed by atoms with Crippen molar-refractivity contribution in [3.05, 3.63) is 23.3 Å². The van der Waals surface area contributed by atoms with E-state index in [4.69, 9.17) is 0 Å². The van der Waals surface area contributed by atoms with E-state index in [1.165, 1.54) is 12.5 Å². The number of alkyl halides is 4. The van der Waals surface area contributed by atoms with Crippen LogP contribution in [0.1, 0.15) is 51.9 Å². The molecule has 3 unspecified atom stereocenters. The predicted molar refractivity (Wildman–Crippen MR) is 79.4 cm³/mol. The first-order valence-corrected chi connectivity index (χ1v) is 8.52. The zero-order valence-corrected chi connectivity index (χ0v) is 13.0. The maximum Gasteiger partial charge on any atom is 0.276 e. The zero-order chi connectivity index (χ0) is 15.9. The van der Waals surface area contributed by atoms with Gasteiger partial charge in [-0.2, -0.15) is 0 Å². The van der Waals surface area contributed by atoms with Crippen LogP contribution >= 0.6 is 0 Å².